The van der Waals surface area contributed by atoms with E-state index in [1.807, 2.05) is 30.3 Å². The van der Waals surface area contributed by atoms with Crippen LogP contribution in [-0.2, 0) is 9.53 Å². The van der Waals surface area contributed by atoms with Crippen LogP contribution in [-0.4, -0.2) is 66.8 Å². The van der Waals surface area contributed by atoms with Crippen LogP contribution in [0.15, 0.2) is 49.3 Å². The van der Waals surface area contributed by atoms with Crippen molar-refractivity contribution in [2.45, 2.75) is 12.3 Å². The lowest BCUT2D eigenvalue weighted by atomic mass is 9.94. The number of hydrogen-bond donors (Lipinski definition) is 2. The third-order valence-electron chi connectivity index (χ3n) is 6.41. The van der Waals surface area contributed by atoms with Crippen molar-refractivity contribution in [3.8, 4) is 5.75 Å². The maximum atomic E-state index is 12.2. The van der Waals surface area contributed by atoms with Crippen LogP contribution >= 0.6 is 11.6 Å². The summed E-state index contributed by atoms with van der Waals surface area (Å²) < 4.78 is 11.5. The molecule has 0 bridgehead atoms. The van der Waals surface area contributed by atoms with Gasteiger partial charge in [-0.1, -0.05) is 24.2 Å². The monoisotopic (exact) mass is 493 g/mol. The highest BCUT2D eigenvalue weighted by Gasteiger charge is 2.27. The zero-order valence-electron chi connectivity index (χ0n) is 19.4. The fourth-order valence-corrected chi connectivity index (χ4v) is 4.80. The third kappa shape index (κ3) is 5.24. The van der Waals surface area contributed by atoms with E-state index < -0.39 is 0 Å². The van der Waals surface area contributed by atoms with Crippen LogP contribution in [0.4, 0.5) is 11.4 Å². The van der Waals surface area contributed by atoms with Crippen LogP contribution in [0.3, 0.4) is 0 Å². The molecule has 1 unspecified atom stereocenters. The highest BCUT2D eigenvalue weighted by molar-refractivity contribution is 6.30. The van der Waals surface area contributed by atoms with E-state index in [1.54, 1.807) is 6.33 Å². The summed E-state index contributed by atoms with van der Waals surface area (Å²) in [6, 6.07) is 9.63. The second-order valence-electron chi connectivity index (χ2n) is 8.64. The van der Waals surface area contributed by atoms with Gasteiger partial charge in [-0.3, -0.25) is 9.69 Å². The lowest BCUT2D eigenvalue weighted by Gasteiger charge is -2.26. The first-order chi connectivity index (χ1) is 17.1. The molecule has 8 nitrogen and oxygen atoms in total. The number of morpholine rings is 1. The summed E-state index contributed by atoms with van der Waals surface area (Å²) >= 11 is 6.17. The fourth-order valence-electron chi connectivity index (χ4n) is 4.63. The molecule has 2 aliphatic rings. The molecule has 2 aromatic carbocycles. The van der Waals surface area contributed by atoms with Crippen molar-refractivity contribution in [2.24, 2.45) is 0 Å². The molecule has 1 aromatic heterocycles. The number of carbonyl (C=O) groups is 1. The number of anilines is 2. The van der Waals surface area contributed by atoms with E-state index >= 15 is 0 Å². The van der Waals surface area contributed by atoms with Gasteiger partial charge in [0.05, 0.1) is 36.7 Å². The van der Waals surface area contributed by atoms with E-state index in [4.69, 9.17) is 21.1 Å². The quantitative estimate of drug-likeness (QED) is 0.361. The van der Waals surface area contributed by atoms with Crippen LogP contribution < -0.4 is 15.4 Å². The Morgan fingerprint density at radius 2 is 2.14 bits per heavy atom. The maximum Gasteiger partial charge on any atom is 0.247 e. The molecule has 0 aliphatic carbocycles. The highest BCUT2D eigenvalue weighted by atomic mass is 35.5. The number of hydrogen-bond acceptors (Lipinski definition) is 7. The average Bonchev–Trinajstić information content (AvgIpc) is 3.29. The number of halogens is 1. The first kappa shape index (κ1) is 23.5. The molecule has 182 valence electrons. The molecular weight excluding hydrogens is 466 g/mol. The van der Waals surface area contributed by atoms with E-state index in [0.717, 1.165) is 67.1 Å². The van der Waals surface area contributed by atoms with Gasteiger partial charge in [-0.25, -0.2) is 9.97 Å². The first-order valence-corrected chi connectivity index (χ1v) is 12.2. The largest absolute Gasteiger partial charge is 0.491 e. The normalized spacial score (nSPS) is 17.6. The molecule has 0 saturated carbocycles. The van der Waals surface area contributed by atoms with Gasteiger partial charge in [-0.15, -0.1) is 0 Å². The SMILES string of the molecule is C=CC(=O)Nc1cc2c(C3CNc4cc(Cl)ccc43)ncnc2cc1OCCCN1CCOCC1. The minimum Gasteiger partial charge on any atom is -0.491 e. The molecule has 5 rings (SSSR count). The molecule has 0 radical (unpaired) electrons. The Morgan fingerprint density at radius 3 is 2.97 bits per heavy atom. The molecule has 2 N–H and O–H groups in total. The number of ether oxygens (including phenoxy) is 2. The van der Waals surface area contributed by atoms with Crippen LogP contribution in [0, 0.1) is 0 Å². The number of rotatable bonds is 8. The number of carbonyl (C=O) groups excluding carboxylic acids is 1. The molecule has 1 atom stereocenters. The second-order valence-corrected chi connectivity index (χ2v) is 9.08. The number of amides is 1. The summed E-state index contributed by atoms with van der Waals surface area (Å²) in [6.07, 6.45) is 3.69. The minimum absolute atomic E-state index is 0.0380. The summed E-state index contributed by atoms with van der Waals surface area (Å²) in [4.78, 5) is 23.7. The molecule has 1 fully saturated rings. The van der Waals surface area contributed by atoms with Crippen molar-refractivity contribution in [1.29, 1.82) is 0 Å². The fraction of sp³-hybridized carbons (Fsp3) is 0.346. The van der Waals surface area contributed by atoms with E-state index in [0.29, 0.717) is 29.6 Å². The van der Waals surface area contributed by atoms with Crippen LogP contribution in [0.1, 0.15) is 23.6 Å². The first-order valence-electron chi connectivity index (χ1n) is 11.8. The Hall–Kier alpha value is -3.20. The molecular formula is C26H28ClN5O3. The van der Waals surface area contributed by atoms with Crippen molar-refractivity contribution in [3.63, 3.8) is 0 Å². The Balaban J connectivity index is 1.42. The van der Waals surface area contributed by atoms with Crippen molar-refractivity contribution < 1.29 is 14.3 Å². The zero-order chi connectivity index (χ0) is 24.2. The third-order valence-corrected chi connectivity index (χ3v) is 6.64. The van der Waals surface area contributed by atoms with Gasteiger partial charge in [-0.05, 0) is 36.3 Å². The van der Waals surface area contributed by atoms with Crippen molar-refractivity contribution in [1.82, 2.24) is 14.9 Å². The van der Waals surface area contributed by atoms with Gasteiger partial charge in [0.1, 0.15) is 12.1 Å². The topological polar surface area (TPSA) is 88.6 Å². The minimum atomic E-state index is -0.302. The Kier molecular flexibility index (Phi) is 7.13. The zero-order valence-corrected chi connectivity index (χ0v) is 20.2. The number of fused-ring (bicyclic) bond motifs is 2. The average molecular weight is 494 g/mol. The van der Waals surface area contributed by atoms with E-state index in [-0.39, 0.29) is 11.8 Å². The van der Waals surface area contributed by atoms with Gasteiger partial charge in [0, 0.05) is 54.3 Å². The van der Waals surface area contributed by atoms with Gasteiger partial charge < -0.3 is 20.1 Å². The maximum absolute atomic E-state index is 12.2. The molecule has 2 aliphatic heterocycles. The van der Waals surface area contributed by atoms with Gasteiger partial charge in [0.2, 0.25) is 5.91 Å². The molecule has 1 saturated heterocycles. The van der Waals surface area contributed by atoms with Gasteiger partial charge in [0.25, 0.3) is 0 Å². The number of benzene rings is 2. The van der Waals surface area contributed by atoms with Crippen LogP contribution in [0.25, 0.3) is 10.9 Å². The van der Waals surface area contributed by atoms with Crippen LogP contribution in [0.2, 0.25) is 5.02 Å². The Bertz CT molecular complexity index is 1250. The van der Waals surface area contributed by atoms with Crippen molar-refractivity contribution in [2.75, 3.05) is 56.6 Å². The summed E-state index contributed by atoms with van der Waals surface area (Å²) in [6.45, 7) is 9.19. The summed E-state index contributed by atoms with van der Waals surface area (Å²) in [5.41, 5.74) is 4.37. The van der Waals surface area contributed by atoms with Crippen LogP contribution in [0.5, 0.6) is 5.75 Å². The standard InChI is InChI=1S/C26H28ClN5O3/c1-2-25(33)31-23-13-19-22(14-24(23)35-9-3-6-32-7-10-34-11-8-32)29-16-30-26(19)20-15-28-21-12-17(27)4-5-18(20)21/h2,4-5,12-14,16,20,28H,1,3,6-11,15H2,(H,31,33). The number of nitrogens with one attached hydrogen (secondary N) is 2. The van der Waals surface area contributed by atoms with Gasteiger partial charge in [0.15, 0.2) is 0 Å². The predicted octanol–water partition coefficient (Wildman–Crippen LogP) is 4.07. The molecule has 1 amide bonds. The van der Waals surface area contributed by atoms with E-state index in [9.17, 15) is 4.79 Å². The van der Waals surface area contributed by atoms with Crippen molar-refractivity contribution >= 4 is 39.8 Å². The molecule has 9 heteroatoms. The lowest BCUT2D eigenvalue weighted by molar-refractivity contribution is -0.111. The highest BCUT2D eigenvalue weighted by Crippen LogP contribution is 2.40. The smallest absolute Gasteiger partial charge is 0.247 e. The predicted molar refractivity (Wildman–Crippen MR) is 138 cm³/mol. The summed E-state index contributed by atoms with van der Waals surface area (Å²) in [5, 5.41) is 7.86. The number of nitrogens with zero attached hydrogens (tertiary/aromatic N) is 3. The second kappa shape index (κ2) is 10.6. The molecule has 3 aromatic rings. The molecule has 0 spiro atoms. The molecule has 35 heavy (non-hydrogen) atoms. The number of aromatic nitrogens is 2. The molecule has 3 heterocycles. The van der Waals surface area contributed by atoms with E-state index in [1.165, 1.54) is 6.08 Å². The summed E-state index contributed by atoms with van der Waals surface area (Å²) in [7, 11) is 0. The van der Waals surface area contributed by atoms with E-state index in [2.05, 4.69) is 32.1 Å². The Morgan fingerprint density at radius 1 is 1.29 bits per heavy atom. The van der Waals surface area contributed by atoms with Gasteiger partial charge >= 0.3 is 0 Å². The summed E-state index contributed by atoms with van der Waals surface area (Å²) in [5.74, 6) is 0.315. The van der Waals surface area contributed by atoms with Gasteiger partial charge in [-0.2, -0.15) is 0 Å². The lowest BCUT2D eigenvalue weighted by Crippen LogP contribution is -2.37. The van der Waals surface area contributed by atoms with Crippen molar-refractivity contribution in [3.05, 3.63) is 65.6 Å². The Labute approximate surface area is 209 Å².